The predicted octanol–water partition coefficient (Wildman–Crippen LogP) is 4.78. The minimum atomic E-state index is -0.217. The van der Waals surface area contributed by atoms with E-state index < -0.39 is 0 Å². The van der Waals surface area contributed by atoms with Crippen molar-refractivity contribution >= 4 is 45.0 Å². The van der Waals surface area contributed by atoms with Gasteiger partial charge in [-0.05, 0) is 67.0 Å². The number of carbonyl (C=O) groups excluding carboxylic acids is 1. The van der Waals surface area contributed by atoms with Crippen molar-refractivity contribution in [2.75, 3.05) is 28.6 Å². The highest BCUT2D eigenvalue weighted by molar-refractivity contribution is 9.10. The lowest BCUT2D eigenvalue weighted by Gasteiger charge is -2.20. The highest BCUT2D eigenvalue weighted by Crippen LogP contribution is 2.20. The van der Waals surface area contributed by atoms with Gasteiger partial charge in [-0.3, -0.25) is 9.78 Å². The van der Waals surface area contributed by atoms with Gasteiger partial charge < -0.3 is 15.5 Å². The van der Waals surface area contributed by atoms with Gasteiger partial charge in [0.15, 0.2) is 0 Å². The summed E-state index contributed by atoms with van der Waals surface area (Å²) in [6.07, 6.45) is 3.16. The Bertz CT molecular complexity index is 989. The highest BCUT2D eigenvalue weighted by Gasteiger charge is 2.09. The molecule has 29 heavy (non-hydrogen) atoms. The standard InChI is InChI=1S/C21H23BrN6O/c1-4-28(5-2)19-10-14(3)24-21(27-19)26-18-8-6-17(7-9-18)25-20(29)15-11-16(22)13-23-12-15/h6-13H,4-5H2,1-3H3,(H,25,29)(H,24,26,27). The Balaban J connectivity index is 1.70. The molecular formula is C21H23BrN6O. The lowest BCUT2D eigenvalue weighted by atomic mass is 10.2. The molecule has 1 amide bonds. The maximum absolute atomic E-state index is 12.3. The van der Waals surface area contributed by atoms with E-state index in [9.17, 15) is 4.79 Å². The van der Waals surface area contributed by atoms with Crippen LogP contribution in [0.15, 0.2) is 53.3 Å². The van der Waals surface area contributed by atoms with Crippen molar-refractivity contribution in [2.45, 2.75) is 20.8 Å². The second-order valence-corrected chi connectivity index (χ2v) is 7.33. The van der Waals surface area contributed by atoms with Crippen molar-refractivity contribution in [2.24, 2.45) is 0 Å². The summed E-state index contributed by atoms with van der Waals surface area (Å²) in [5.74, 6) is 1.23. The summed E-state index contributed by atoms with van der Waals surface area (Å²) in [5, 5.41) is 6.09. The van der Waals surface area contributed by atoms with E-state index in [0.29, 0.717) is 17.2 Å². The van der Waals surface area contributed by atoms with Crippen LogP contribution in [0.4, 0.5) is 23.1 Å². The van der Waals surface area contributed by atoms with Gasteiger partial charge in [0, 0.05) is 53.1 Å². The highest BCUT2D eigenvalue weighted by atomic mass is 79.9. The molecule has 0 atom stereocenters. The molecule has 7 nitrogen and oxygen atoms in total. The van der Waals surface area contributed by atoms with Crippen LogP contribution in [0.1, 0.15) is 29.9 Å². The maximum Gasteiger partial charge on any atom is 0.257 e. The number of halogens is 1. The van der Waals surface area contributed by atoms with Crippen molar-refractivity contribution in [3.8, 4) is 0 Å². The quantitative estimate of drug-likeness (QED) is 0.534. The number of benzene rings is 1. The molecule has 2 aromatic heterocycles. The van der Waals surface area contributed by atoms with E-state index >= 15 is 0 Å². The summed E-state index contributed by atoms with van der Waals surface area (Å²) in [4.78, 5) is 27.6. The number of nitrogens with one attached hydrogen (secondary N) is 2. The van der Waals surface area contributed by atoms with E-state index in [1.807, 2.05) is 37.3 Å². The summed E-state index contributed by atoms with van der Waals surface area (Å²) < 4.78 is 0.756. The van der Waals surface area contributed by atoms with Gasteiger partial charge in [0.1, 0.15) is 5.82 Å². The van der Waals surface area contributed by atoms with Gasteiger partial charge in [-0.2, -0.15) is 4.98 Å². The van der Waals surface area contributed by atoms with Crippen molar-refractivity contribution in [1.29, 1.82) is 0 Å². The molecule has 0 aliphatic carbocycles. The second-order valence-electron chi connectivity index (χ2n) is 6.41. The molecule has 0 aliphatic heterocycles. The number of carbonyl (C=O) groups is 1. The number of pyridine rings is 1. The zero-order valence-electron chi connectivity index (χ0n) is 16.6. The SMILES string of the molecule is CCN(CC)c1cc(C)nc(Nc2ccc(NC(=O)c3cncc(Br)c3)cc2)n1. The van der Waals surface area contributed by atoms with Crippen LogP contribution in [0.25, 0.3) is 0 Å². The fourth-order valence-electron chi connectivity index (χ4n) is 2.82. The summed E-state index contributed by atoms with van der Waals surface area (Å²) in [6.45, 7) is 7.92. The third-order valence-corrected chi connectivity index (χ3v) is 4.73. The summed E-state index contributed by atoms with van der Waals surface area (Å²) in [6, 6.07) is 11.1. The minimum absolute atomic E-state index is 0.217. The third-order valence-electron chi connectivity index (χ3n) is 4.29. The smallest absolute Gasteiger partial charge is 0.257 e. The van der Waals surface area contributed by atoms with Crippen LogP contribution < -0.4 is 15.5 Å². The molecule has 0 saturated carbocycles. The molecule has 0 unspecified atom stereocenters. The molecule has 0 aliphatic rings. The van der Waals surface area contributed by atoms with Crippen LogP contribution in [-0.4, -0.2) is 33.9 Å². The average molecular weight is 455 g/mol. The lowest BCUT2D eigenvalue weighted by molar-refractivity contribution is 0.102. The summed E-state index contributed by atoms with van der Waals surface area (Å²) in [7, 11) is 0. The van der Waals surface area contributed by atoms with Crippen molar-refractivity contribution in [3.63, 3.8) is 0 Å². The number of rotatable bonds is 7. The van der Waals surface area contributed by atoms with Crippen molar-refractivity contribution in [3.05, 3.63) is 64.5 Å². The lowest BCUT2D eigenvalue weighted by Crippen LogP contribution is -2.23. The predicted molar refractivity (Wildman–Crippen MR) is 120 cm³/mol. The second kappa shape index (κ2) is 9.47. The van der Waals surface area contributed by atoms with Gasteiger partial charge in [-0.15, -0.1) is 0 Å². The van der Waals surface area contributed by atoms with E-state index in [0.717, 1.165) is 34.8 Å². The van der Waals surface area contributed by atoms with Crippen LogP contribution >= 0.6 is 15.9 Å². The molecule has 150 valence electrons. The van der Waals surface area contributed by atoms with Crippen molar-refractivity contribution < 1.29 is 4.79 Å². The summed E-state index contributed by atoms with van der Waals surface area (Å²) in [5.41, 5.74) is 2.91. The largest absolute Gasteiger partial charge is 0.357 e. The fraction of sp³-hybridized carbons (Fsp3) is 0.238. The molecule has 0 fully saturated rings. The van der Waals surface area contributed by atoms with Gasteiger partial charge in [0.25, 0.3) is 5.91 Å². The van der Waals surface area contributed by atoms with Crippen molar-refractivity contribution in [1.82, 2.24) is 15.0 Å². The first kappa shape index (κ1) is 20.7. The molecule has 8 heteroatoms. The van der Waals surface area contributed by atoms with Gasteiger partial charge in [-0.25, -0.2) is 4.98 Å². The monoisotopic (exact) mass is 454 g/mol. The number of nitrogens with zero attached hydrogens (tertiary/aromatic N) is 4. The van der Waals surface area contributed by atoms with E-state index in [-0.39, 0.29) is 5.91 Å². The number of anilines is 4. The summed E-state index contributed by atoms with van der Waals surface area (Å²) >= 11 is 3.32. The molecule has 0 bridgehead atoms. The van der Waals surface area contributed by atoms with Gasteiger partial charge in [0.05, 0.1) is 5.56 Å². The van der Waals surface area contributed by atoms with Crippen LogP contribution in [0.3, 0.4) is 0 Å². The van der Waals surface area contributed by atoms with Crippen LogP contribution in [-0.2, 0) is 0 Å². The molecule has 3 rings (SSSR count). The Morgan fingerprint density at radius 2 is 1.72 bits per heavy atom. The normalized spacial score (nSPS) is 10.5. The van der Waals surface area contributed by atoms with E-state index in [1.165, 1.54) is 6.20 Å². The van der Waals surface area contributed by atoms with Crippen LogP contribution in [0.5, 0.6) is 0 Å². The zero-order chi connectivity index (χ0) is 20.8. The number of hydrogen-bond acceptors (Lipinski definition) is 6. The van der Waals surface area contributed by atoms with Gasteiger partial charge in [-0.1, -0.05) is 0 Å². The molecule has 0 spiro atoms. The minimum Gasteiger partial charge on any atom is -0.357 e. The Kier molecular flexibility index (Phi) is 6.77. The van der Waals surface area contributed by atoms with Gasteiger partial charge >= 0.3 is 0 Å². The van der Waals surface area contributed by atoms with Crippen LogP contribution in [0, 0.1) is 6.92 Å². The molecule has 0 saturated heterocycles. The Morgan fingerprint density at radius 3 is 2.38 bits per heavy atom. The molecule has 0 radical (unpaired) electrons. The number of hydrogen-bond donors (Lipinski definition) is 2. The number of aromatic nitrogens is 3. The first-order valence-corrected chi connectivity index (χ1v) is 10.2. The molecular weight excluding hydrogens is 432 g/mol. The Hall–Kier alpha value is -3.00. The van der Waals surface area contributed by atoms with E-state index in [4.69, 9.17) is 0 Å². The average Bonchev–Trinajstić information content (AvgIpc) is 2.70. The number of amides is 1. The molecule has 1 aromatic carbocycles. The maximum atomic E-state index is 12.3. The topological polar surface area (TPSA) is 83.0 Å². The van der Waals surface area contributed by atoms with E-state index in [1.54, 1.807) is 12.3 Å². The van der Waals surface area contributed by atoms with E-state index in [2.05, 4.69) is 60.3 Å². The first-order valence-electron chi connectivity index (χ1n) is 9.38. The third kappa shape index (κ3) is 5.51. The van der Waals surface area contributed by atoms with Gasteiger partial charge in [0.2, 0.25) is 5.95 Å². The number of aryl methyl sites for hydroxylation is 1. The molecule has 3 aromatic rings. The molecule has 2 heterocycles. The molecule has 2 N–H and O–H groups in total. The zero-order valence-corrected chi connectivity index (χ0v) is 18.2. The Morgan fingerprint density at radius 1 is 1.03 bits per heavy atom. The fourth-order valence-corrected chi connectivity index (χ4v) is 3.19. The Labute approximate surface area is 178 Å². The van der Waals surface area contributed by atoms with Crippen LogP contribution in [0.2, 0.25) is 0 Å². The first-order chi connectivity index (χ1) is 14.0.